The fraction of sp³-hybridized carbons (Fsp3) is 0.364. The first kappa shape index (κ1) is 27.5. The van der Waals surface area contributed by atoms with Crippen molar-refractivity contribution < 1.29 is 22.7 Å². The van der Waals surface area contributed by atoms with Gasteiger partial charge in [-0.05, 0) is 48.7 Å². The Morgan fingerprint density at radius 2 is 1.72 bits per heavy atom. The highest BCUT2D eigenvalue weighted by atomic mass is 127. The molecule has 1 atom stereocenters. The molecule has 2 aromatic rings. The van der Waals surface area contributed by atoms with Crippen LogP contribution in [0.1, 0.15) is 18.1 Å². The molecule has 1 amide bonds. The molecule has 1 unspecified atom stereocenters. The zero-order valence-electron chi connectivity index (χ0n) is 17.9. The molecular formula is C22H28F3IN4O2. The van der Waals surface area contributed by atoms with Crippen LogP contribution in [0, 0.1) is 11.7 Å². The fourth-order valence-corrected chi connectivity index (χ4v) is 2.95. The zero-order valence-corrected chi connectivity index (χ0v) is 20.3. The van der Waals surface area contributed by atoms with E-state index in [0.29, 0.717) is 25.5 Å². The van der Waals surface area contributed by atoms with Crippen LogP contribution >= 0.6 is 24.0 Å². The van der Waals surface area contributed by atoms with E-state index in [2.05, 4.69) is 15.0 Å². The van der Waals surface area contributed by atoms with Gasteiger partial charge in [-0.2, -0.15) is 8.78 Å². The number of primary amides is 1. The number of aliphatic imine (C=N–C) groups is 1. The topological polar surface area (TPSA) is 79.9 Å². The molecule has 0 spiro atoms. The fourth-order valence-electron chi connectivity index (χ4n) is 2.95. The van der Waals surface area contributed by atoms with Crippen LogP contribution in [0.4, 0.5) is 13.2 Å². The van der Waals surface area contributed by atoms with Gasteiger partial charge in [-0.1, -0.05) is 24.3 Å². The molecule has 2 aromatic carbocycles. The lowest BCUT2D eigenvalue weighted by Crippen LogP contribution is -2.39. The summed E-state index contributed by atoms with van der Waals surface area (Å²) in [6.45, 7) is 0.294. The Bertz CT molecular complexity index is 864. The number of rotatable bonds is 10. The summed E-state index contributed by atoms with van der Waals surface area (Å²) in [6.07, 6.45) is 0.355. The molecule has 0 radical (unpaired) electrons. The van der Waals surface area contributed by atoms with Gasteiger partial charge in [-0.25, -0.2) is 4.39 Å². The molecule has 0 heterocycles. The number of benzene rings is 2. The average molecular weight is 564 g/mol. The summed E-state index contributed by atoms with van der Waals surface area (Å²) in [6, 6.07) is 12.3. The molecule has 32 heavy (non-hydrogen) atoms. The van der Waals surface area contributed by atoms with Gasteiger partial charge in [-0.3, -0.25) is 9.79 Å². The van der Waals surface area contributed by atoms with Crippen LogP contribution in [0.15, 0.2) is 53.5 Å². The number of nitrogens with one attached hydrogen (secondary N) is 1. The minimum atomic E-state index is -2.87. The Morgan fingerprint density at radius 3 is 2.25 bits per heavy atom. The molecule has 3 N–H and O–H groups in total. The highest BCUT2D eigenvalue weighted by molar-refractivity contribution is 14.0. The van der Waals surface area contributed by atoms with Crippen molar-refractivity contribution in [2.45, 2.75) is 26.5 Å². The number of nitrogens with zero attached hydrogens (tertiary/aromatic N) is 2. The number of hydrogen-bond acceptors (Lipinski definition) is 3. The standard InChI is InChI=1S/C22H27F3N4O2.HI/c1-3-27-22(29(2)14-16-6-10-19(11-7-16)31-21(24)25)28-13-17(20(26)30)12-15-4-8-18(23)9-5-15;/h4-11,17,21H,3,12-14H2,1-2H3,(H2,26,30)(H,27,28);1H. The van der Waals surface area contributed by atoms with Crippen LogP contribution in [0.5, 0.6) is 5.75 Å². The average Bonchev–Trinajstić information content (AvgIpc) is 2.72. The van der Waals surface area contributed by atoms with Crippen molar-refractivity contribution in [3.63, 3.8) is 0 Å². The lowest BCUT2D eigenvalue weighted by Gasteiger charge is -2.23. The highest BCUT2D eigenvalue weighted by Crippen LogP contribution is 2.16. The van der Waals surface area contributed by atoms with Crippen molar-refractivity contribution >= 4 is 35.8 Å². The Kier molecular flexibility index (Phi) is 11.9. The molecule has 176 valence electrons. The maximum atomic E-state index is 13.1. The van der Waals surface area contributed by atoms with Crippen LogP contribution in [0.2, 0.25) is 0 Å². The predicted octanol–water partition coefficient (Wildman–Crippen LogP) is 3.79. The molecule has 10 heteroatoms. The quantitative estimate of drug-likeness (QED) is 0.262. The zero-order chi connectivity index (χ0) is 22.8. The van der Waals surface area contributed by atoms with Gasteiger partial charge in [0.05, 0.1) is 12.5 Å². The smallest absolute Gasteiger partial charge is 0.387 e. The Balaban J connectivity index is 0.00000512. The van der Waals surface area contributed by atoms with Crippen LogP contribution in [-0.2, 0) is 17.8 Å². The van der Waals surface area contributed by atoms with Crippen LogP contribution in [0.25, 0.3) is 0 Å². The van der Waals surface area contributed by atoms with Crippen molar-refractivity contribution in [2.75, 3.05) is 20.1 Å². The summed E-state index contributed by atoms with van der Waals surface area (Å²) in [5.74, 6) is -0.713. The third-order valence-corrected chi connectivity index (χ3v) is 4.52. The van der Waals surface area contributed by atoms with E-state index < -0.39 is 18.4 Å². The summed E-state index contributed by atoms with van der Waals surface area (Å²) in [4.78, 5) is 18.3. The number of alkyl halides is 2. The maximum absolute atomic E-state index is 13.1. The third-order valence-electron chi connectivity index (χ3n) is 4.52. The second kappa shape index (κ2) is 13.8. The monoisotopic (exact) mass is 564 g/mol. The van der Waals surface area contributed by atoms with Crippen molar-refractivity contribution in [3.05, 3.63) is 65.5 Å². The normalized spacial score (nSPS) is 12.1. The molecular weight excluding hydrogens is 536 g/mol. The van der Waals surface area contributed by atoms with E-state index in [1.165, 1.54) is 24.3 Å². The summed E-state index contributed by atoms with van der Waals surface area (Å²) in [5.41, 5.74) is 7.21. The van der Waals surface area contributed by atoms with Gasteiger partial charge in [0.25, 0.3) is 0 Å². The van der Waals surface area contributed by atoms with E-state index in [0.717, 1.165) is 11.1 Å². The van der Waals surface area contributed by atoms with E-state index in [-0.39, 0.29) is 42.1 Å². The molecule has 0 aliphatic carbocycles. The van der Waals surface area contributed by atoms with Gasteiger partial charge >= 0.3 is 6.61 Å². The molecule has 0 aromatic heterocycles. The van der Waals surface area contributed by atoms with Crippen molar-refractivity contribution in [2.24, 2.45) is 16.6 Å². The number of hydrogen-bond donors (Lipinski definition) is 2. The molecule has 0 saturated heterocycles. The Morgan fingerprint density at radius 1 is 1.12 bits per heavy atom. The second-order valence-corrected chi connectivity index (χ2v) is 7.00. The molecule has 2 rings (SSSR count). The molecule has 0 fully saturated rings. The van der Waals surface area contributed by atoms with Gasteiger partial charge in [0.2, 0.25) is 5.91 Å². The Labute approximate surface area is 203 Å². The van der Waals surface area contributed by atoms with Crippen LogP contribution in [-0.4, -0.2) is 43.5 Å². The van der Waals surface area contributed by atoms with Crippen LogP contribution in [0.3, 0.4) is 0 Å². The lowest BCUT2D eigenvalue weighted by molar-refractivity contribution is -0.121. The SMILES string of the molecule is CCNC(=NCC(Cc1ccc(F)cc1)C(N)=O)N(C)Cc1ccc(OC(F)F)cc1.I. The molecule has 0 bridgehead atoms. The number of guanidine groups is 1. The van der Waals surface area contributed by atoms with Gasteiger partial charge in [0.1, 0.15) is 11.6 Å². The first-order valence-corrected chi connectivity index (χ1v) is 9.85. The van der Waals surface area contributed by atoms with Crippen molar-refractivity contribution in [1.29, 1.82) is 0 Å². The number of halogens is 4. The number of carbonyl (C=O) groups excluding carboxylic acids is 1. The number of amides is 1. The van der Waals surface area contributed by atoms with Gasteiger partial charge in [0, 0.05) is 20.1 Å². The van der Waals surface area contributed by atoms with E-state index in [1.807, 2.05) is 18.9 Å². The number of nitrogens with two attached hydrogens (primary N) is 1. The third kappa shape index (κ3) is 9.33. The lowest BCUT2D eigenvalue weighted by atomic mass is 9.99. The predicted molar refractivity (Wildman–Crippen MR) is 129 cm³/mol. The van der Waals surface area contributed by atoms with Crippen molar-refractivity contribution in [1.82, 2.24) is 10.2 Å². The molecule has 0 aliphatic heterocycles. The Hall–Kier alpha value is -2.50. The summed E-state index contributed by atoms with van der Waals surface area (Å²) in [7, 11) is 1.82. The maximum Gasteiger partial charge on any atom is 0.387 e. The van der Waals surface area contributed by atoms with E-state index >= 15 is 0 Å². The minimum Gasteiger partial charge on any atom is -0.435 e. The summed E-state index contributed by atoms with van der Waals surface area (Å²) < 4.78 is 42.0. The summed E-state index contributed by atoms with van der Waals surface area (Å²) in [5, 5.41) is 3.16. The van der Waals surface area contributed by atoms with E-state index in [9.17, 15) is 18.0 Å². The van der Waals surface area contributed by atoms with Crippen LogP contribution < -0.4 is 15.8 Å². The number of carbonyl (C=O) groups is 1. The molecule has 0 aliphatic rings. The van der Waals surface area contributed by atoms with Gasteiger partial charge in [-0.15, -0.1) is 24.0 Å². The number of ether oxygens (including phenoxy) is 1. The second-order valence-electron chi connectivity index (χ2n) is 7.00. The summed E-state index contributed by atoms with van der Waals surface area (Å²) >= 11 is 0. The van der Waals surface area contributed by atoms with Gasteiger partial charge in [0.15, 0.2) is 5.96 Å². The first-order chi connectivity index (χ1) is 14.8. The highest BCUT2D eigenvalue weighted by Gasteiger charge is 2.17. The largest absolute Gasteiger partial charge is 0.435 e. The first-order valence-electron chi connectivity index (χ1n) is 9.85. The van der Waals surface area contributed by atoms with E-state index in [1.54, 1.807) is 24.3 Å². The van der Waals surface area contributed by atoms with Crippen molar-refractivity contribution in [3.8, 4) is 5.75 Å². The van der Waals surface area contributed by atoms with Gasteiger partial charge < -0.3 is 20.7 Å². The molecule has 0 saturated carbocycles. The van der Waals surface area contributed by atoms with E-state index in [4.69, 9.17) is 5.73 Å². The molecule has 6 nitrogen and oxygen atoms in total. The minimum absolute atomic E-state index is 0.